The zero-order chi connectivity index (χ0) is 16.9. The second-order valence-electron chi connectivity index (χ2n) is 6.25. The molecule has 1 aromatic rings. The monoisotopic (exact) mass is 340 g/mol. The van der Waals surface area contributed by atoms with Gasteiger partial charge in [0.15, 0.2) is 0 Å². The zero-order valence-corrected chi connectivity index (χ0v) is 15.2. The second kappa shape index (κ2) is 8.21. The van der Waals surface area contributed by atoms with Crippen LogP contribution < -0.4 is 0 Å². The molecule has 1 saturated heterocycles. The van der Waals surface area contributed by atoms with Gasteiger partial charge in [-0.1, -0.05) is 30.3 Å². The molecular formula is C16H28N4O2S. The highest BCUT2D eigenvalue weighted by Gasteiger charge is 2.25. The predicted molar refractivity (Wildman–Crippen MR) is 93.4 cm³/mol. The number of likely N-dealkylation sites (N-methyl/N-ethyl adjacent to an activating group) is 1. The molecule has 1 aliphatic rings. The summed E-state index contributed by atoms with van der Waals surface area (Å²) in [6.45, 7) is 5.77. The van der Waals surface area contributed by atoms with Crippen molar-refractivity contribution in [1.29, 1.82) is 0 Å². The molecule has 0 spiro atoms. The quantitative estimate of drug-likeness (QED) is 0.727. The number of piperazine rings is 1. The average Bonchev–Trinajstić information content (AvgIpc) is 2.53. The van der Waals surface area contributed by atoms with E-state index in [-0.39, 0.29) is 0 Å². The van der Waals surface area contributed by atoms with Gasteiger partial charge in [-0.3, -0.25) is 4.90 Å². The molecule has 23 heavy (non-hydrogen) atoms. The van der Waals surface area contributed by atoms with Gasteiger partial charge < -0.3 is 4.90 Å². The van der Waals surface area contributed by atoms with Gasteiger partial charge in [0.1, 0.15) is 0 Å². The molecule has 0 saturated carbocycles. The smallest absolute Gasteiger partial charge is 0.281 e. The highest BCUT2D eigenvalue weighted by Crippen LogP contribution is 2.12. The number of nitrogens with zero attached hydrogens (tertiary/aromatic N) is 4. The molecule has 1 heterocycles. The van der Waals surface area contributed by atoms with Crippen LogP contribution in [0, 0.1) is 0 Å². The lowest BCUT2D eigenvalue weighted by atomic mass is 10.2. The molecule has 6 nitrogen and oxygen atoms in total. The maximum absolute atomic E-state index is 12.6. The molecule has 1 aromatic carbocycles. The molecular weight excluding hydrogens is 312 g/mol. The minimum absolute atomic E-state index is 0.412. The van der Waals surface area contributed by atoms with Crippen molar-refractivity contribution in [2.45, 2.75) is 6.54 Å². The first-order valence-electron chi connectivity index (χ1n) is 8.02. The molecule has 130 valence electrons. The van der Waals surface area contributed by atoms with Crippen molar-refractivity contribution in [2.75, 3.05) is 60.4 Å². The van der Waals surface area contributed by atoms with Gasteiger partial charge in [0.25, 0.3) is 10.2 Å². The summed E-state index contributed by atoms with van der Waals surface area (Å²) < 4.78 is 28.0. The van der Waals surface area contributed by atoms with Crippen molar-refractivity contribution in [2.24, 2.45) is 0 Å². The van der Waals surface area contributed by atoms with E-state index in [1.807, 2.05) is 30.3 Å². The largest absolute Gasteiger partial charge is 0.304 e. The summed E-state index contributed by atoms with van der Waals surface area (Å²) in [6.07, 6.45) is 0. The highest BCUT2D eigenvalue weighted by molar-refractivity contribution is 7.86. The number of hydrogen-bond donors (Lipinski definition) is 0. The Balaban J connectivity index is 2.02. The number of rotatable bonds is 7. The van der Waals surface area contributed by atoms with E-state index in [1.165, 1.54) is 4.31 Å². The Morgan fingerprint density at radius 1 is 1.04 bits per heavy atom. The molecule has 2 rings (SSSR count). The van der Waals surface area contributed by atoms with E-state index in [0.29, 0.717) is 13.1 Å². The summed E-state index contributed by atoms with van der Waals surface area (Å²) in [7, 11) is 1.87. The molecule has 1 aliphatic heterocycles. The van der Waals surface area contributed by atoms with E-state index in [4.69, 9.17) is 0 Å². The van der Waals surface area contributed by atoms with E-state index in [2.05, 4.69) is 16.8 Å². The molecule has 0 radical (unpaired) electrons. The maximum Gasteiger partial charge on any atom is 0.281 e. The Hall–Kier alpha value is -0.990. The first kappa shape index (κ1) is 18.4. The van der Waals surface area contributed by atoms with E-state index in [1.54, 1.807) is 18.4 Å². The van der Waals surface area contributed by atoms with Crippen LogP contribution in [0.15, 0.2) is 30.3 Å². The first-order valence-corrected chi connectivity index (χ1v) is 9.41. The Kier molecular flexibility index (Phi) is 6.55. The van der Waals surface area contributed by atoms with E-state index < -0.39 is 10.2 Å². The number of benzene rings is 1. The van der Waals surface area contributed by atoms with E-state index in [9.17, 15) is 8.42 Å². The van der Waals surface area contributed by atoms with Crippen molar-refractivity contribution < 1.29 is 8.42 Å². The SMILES string of the molecule is CN1CCN(CCN(Cc2ccccc2)S(=O)(=O)N(C)C)CC1. The summed E-state index contributed by atoms with van der Waals surface area (Å²) in [5, 5.41) is 0. The lowest BCUT2D eigenvalue weighted by Gasteiger charge is -2.34. The van der Waals surface area contributed by atoms with Gasteiger partial charge in [-0.15, -0.1) is 0 Å². The fraction of sp³-hybridized carbons (Fsp3) is 0.625. The number of hydrogen-bond acceptors (Lipinski definition) is 4. The van der Waals surface area contributed by atoms with Crippen LogP contribution in [0.1, 0.15) is 5.56 Å². The zero-order valence-electron chi connectivity index (χ0n) is 14.4. The van der Waals surface area contributed by atoms with Crippen LogP contribution in [-0.4, -0.2) is 87.2 Å². The molecule has 0 aromatic heterocycles. The maximum atomic E-state index is 12.6. The van der Waals surface area contributed by atoms with Crippen LogP contribution in [-0.2, 0) is 16.8 Å². The predicted octanol–water partition coefficient (Wildman–Crippen LogP) is 0.542. The van der Waals surface area contributed by atoms with Gasteiger partial charge in [-0.25, -0.2) is 0 Å². The van der Waals surface area contributed by atoms with Crippen LogP contribution in [0.3, 0.4) is 0 Å². The van der Waals surface area contributed by atoms with Gasteiger partial charge in [0.05, 0.1) is 0 Å². The second-order valence-corrected chi connectivity index (χ2v) is 8.40. The first-order chi connectivity index (χ1) is 10.9. The fourth-order valence-electron chi connectivity index (χ4n) is 2.62. The molecule has 0 bridgehead atoms. The van der Waals surface area contributed by atoms with Gasteiger partial charge in [-0.2, -0.15) is 17.0 Å². The topological polar surface area (TPSA) is 47.1 Å². The van der Waals surface area contributed by atoms with Gasteiger partial charge in [0.2, 0.25) is 0 Å². The van der Waals surface area contributed by atoms with Gasteiger partial charge >= 0.3 is 0 Å². The molecule has 0 unspecified atom stereocenters. The Labute approximate surface area is 140 Å². The molecule has 0 aliphatic carbocycles. The normalized spacial score (nSPS) is 18.0. The Bertz CT molecular complexity index is 569. The van der Waals surface area contributed by atoms with Crippen molar-refractivity contribution >= 4 is 10.2 Å². The molecule has 0 N–H and O–H groups in total. The molecule has 1 fully saturated rings. The van der Waals surface area contributed by atoms with Crippen molar-refractivity contribution in [3.8, 4) is 0 Å². The van der Waals surface area contributed by atoms with Crippen molar-refractivity contribution in [1.82, 2.24) is 18.4 Å². The van der Waals surface area contributed by atoms with Crippen LogP contribution >= 0.6 is 0 Å². The summed E-state index contributed by atoms with van der Waals surface area (Å²) in [5.74, 6) is 0. The Morgan fingerprint density at radius 2 is 1.65 bits per heavy atom. The third-order valence-corrected chi connectivity index (χ3v) is 6.14. The standard InChI is InChI=1S/C16H28N4O2S/c1-17(2)23(21,22)20(15-16-7-5-4-6-8-16)14-13-19-11-9-18(3)10-12-19/h4-8H,9-15H2,1-3H3. The molecule has 0 atom stereocenters. The lowest BCUT2D eigenvalue weighted by molar-refractivity contribution is 0.146. The minimum Gasteiger partial charge on any atom is -0.304 e. The van der Waals surface area contributed by atoms with Gasteiger partial charge in [0, 0.05) is 59.9 Å². The molecule has 7 heteroatoms. The van der Waals surface area contributed by atoms with Crippen molar-refractivity contribution in [3.63, 3.8) is 0 Å². The summed E-state index contributed by atoms with van der Waals surface area (Å²) in [6, 6.07) is 9.76. The van der Waals surface area contributed by atoms with Crippen molar-refractivity contribution in [3.05, 3.63) is 35.9 Å². The summed E-state index contributed by atoms with van der Waals surface area (Å²) >= 11 is 0. The van der Waals surface area contributed by atoms with Crippen LogP contribution in [0.5, 0.6) is 0 Å². The van der Waals surface area contributed by atoms with Crippen LogP contribution in [0.2, 0.25) is 0 Å². The highest BCUT2D eigenvalue weighted by atomic mass is 32.2. The van der Waals surface area contributed by atoms with Crippen LogP contribution in [0.4, 0.5) is 0 Å². The third kappa shape index (κ3) is 5.26. The minimum atomic E-state index is -3.42. The third-order valence-electron chi connectivity index (χ3n) is 4.25. The van der Waals surface area contributed by atoms with E-state index >= 15 is 0 Å². The fourth-order valence-corrected chi connectivity index (χ4v) is 3.70. The van der Waals surface area contributed by atoms with Gasteiger partial charge in [-0.05, 0) is 12.6 Å². The summed E-state index contributed by atoms with van der Waals surface area (Å²) in [4.78, 5) is 4.64. The van der Waals surface area contributed by atoms with Crippen LogP contribution in [0.25, 0.3) is 0 Å². The molecule has 0 amide bonds. The average molecular weight is 340 g/mol. The summed E-state index contributed by atoms with van der Waals surface area (Å²) in [5.41, 5.74) is 1.01. The Morgan fingerprint density at radius 3 is 2.22 bits per heavy atom. The lowest BCUT2D eigenvalue weighted by Crippen LogP contribution is -2.48. The van der Waals surface area contributed by atoms with E-state index in [0.717, 1.165) is 38.3 Å².